The molecule has 0 atom stereocenters. The minimum atomic E-state index is -4.44. The second-order valence-corrected chi connectivity index (χ2v) is 7.66. The topological polar surface area (TPSA) is 84.5 Å². The van der Waals surface area contributed by atoms with Crippen LogP contribution in [-0.4, -0.2) is 40.2 Å². The maximum atomic E-state index is 12.1. The second-order valence-electron chi connectivity index (χ2n) is 5.89. The van der Waals surface area contributed by atoms with Gasteiger partial charge in [0, 0.05) is 18.7 Å². The lowest BCUT2D eigenvalue weighted by molar-refractivity contribution is -0.153. The van der Waals surface area contributed by atoms with Crippen molar-refractivity contribution in [1.82, 2.24) is 10.0 Å². The summed E-state index contributed by atoms with van der Waals surface area (Å²) in [6.07, 6.45) is -4.44. The van der Waals surface area contributed by atoms with Crippen LogP contribution in [0.4, 0.5) is 13.2 Å². The van der Waals surface area contributed by atoms with Gasteiger partial charge in [-0.2, -0.15) is 13.2 Å². The van der Waals surface area contributed by atoms with E-state index in [1.54, 1.807) is 12.1 Å². The summed E-state index contributed by atoms with van der Waals surface area (Å²) in [5.74, 6) is -0.503. The number of hydrogen-bond donors (Lipinski definition) is 2. The number of ether oxygens (including phenoxy) is 1. The van der Waals surface area contributed by atoms with Crippen LogP contribution in [0.5, 0.6) is 5.75 Å². The minimum absolute atomic E-state index is 0.0141. The van der Waals surface area contributed by atoms with E-state index in [-0.39, 0.29) is 29.3 Å². The third-order valence-corrected chi connectivity index (χ3v) is 5.03. The molecule has 0 saturated carbocycles. The van der Waals surface area contributed by atoms with Gasteiger partial charge in [0.2, 0.25) is 10.0 Å². The molecule has 0 radical (unpaired) electrons. The van der Waals surface area contributed by atoms with E-state index in [1.807, 2.05) is 6.92 Å². The van der Waals surface area contributed by atoms with Gasteiger partial charge in [0.1, 0.15) is 5.75 Å². The van der Waals surface area contributed by atoms with Crippen LogP contribution in [0.25, 0.3) is 0 Å². The zero-order chi connectivity index (χ0) is 20.8. The van der Waals surface area contributed by atoms with Gasteiger partial charge in [-0.3, -0.25) is 4.79 Å². The predicted octanol–water partition coefficient (Wildman–Crippen LogP) is 2.64. The molecule has 1 amide bonds. The molecule has 0 heterocycles. The van der Waals surface area contributed by atoms with Crippen LogP contribution in [0.2, 0.25) is 0 Å². The van der Waals surface area contributed by atoms with E-state index < -0.39 is 28.7 Å². The van der Waals surface area contributed by atoms with Crippen molar-refractivity contribution < 1.29 is 31.1 Å². The first-order valence-electron chi connectivity index (χ1n) is 8.21. The third kappa shape index (κ3) is 6.86. The average Bonchev–Trinajstić information content (AvgIpc) is 2.63. The Kier molecular flexibility index (Phi) is 7.03. The van der Waals surface area contributed by atoms with E-state index in [0.717, 1.165) is 5.56 Å². The highest BCUT2D eigenvalue weighted by Crippen LogP contribution is 2.18. The molecule has 0 aliphatic heterocycles. The highest BCUT2D eigenvalue weighted by atomic mass is 32.2. The number of nitrogens with one attached hydrogen (secondary N) is 2. The summed E-state index contributed by atoms with van der Waals surface area (Å²) in [6.45, 7) is 0.443. The van der Waals surface area contributed by atoms with E-state index in [4.69, 9.17) is 0 Å². The number of carbonyl (C=O) groups is 1. The second kappa shape index (κ2) is 9.07. The molecule has 6 nitrogen and oxygen atoms in total. The molecule has 10 heteroatoms. The van der Waals surface area contributed by atoms with Crippen LogP contribution in [-0.2, 0) is 10.0 Å². The first-order valence-corrected chi connectivity index (χ1v) is 9.69. The molecule has 152 valence electrons. The number of carbonyl (C=O) groups excluding carboxylic acids is 1. The van der Waals surface area contributed by atoms with Crippen molar-refractivity contribution >= 4 is 15.9 Å². The zero-order valence-corrected chi connectivity index (χ0v) is 15.7. The molecule has 2 aromatic carbocycles. The largest absolute Gasteiger partial charge is 0.484 e. The number of aryl methyl sites for hydroxylation is 1. The maximum absolute atomic E-state index is 12.1. The monoisotopic (exact) mass is 416 g/mol. The van der Waals surface area contributed by atoms with Crippen molar-refractivity contribution in [2.75, 3.05) is 19.7 Å². The summed E-state index contributed by atoms with van der Waals surface area (Å²) >= 11 is 0. The van der Waals surface area contributed by atoms with E-state index in [1.165, 1.54) is 36.4 Å². The summed E-state index contributed by atoms with van der Waals surface area (Å²) in [4.78, 5) is 12.1. The normalized spacial score (nSPS) is 11.9. The van der Waals surface area contributed by atoms with Gasteiger partial charge in [0.15, 0.2) is 6.61 Å². The van der Waals surface area contributed by atoms with E-state index >= 15 is 0 Å². The summed E-state index contributed by atoms with van der Waals surface area (Å²) < 4.78 is 67.4. The smallest absolute Gasteiger partial charge is 0.422 e. The average molecular weight is 416 g/mol. The van der Waals surface area contributed by atoms with Crippen molar-refractivity contribution in [3.05, 3.63) is 59.7 Å². The minimum Gasteiger partial charge on any atom is -0.484 e. The lowest BCUT2D eigenvalue weighted by Crippen LogP contribution is -2.34. The molecular weight excluding hydrogens is 397 g/mol. The highest BCUT2D eigenvalue weighted by Gasteiger charge is 2.28. The Morgan fingerprint density at radius 2 is 1.61 bits per heavy atom. The van der Waals surface area contributed by atoms with Crippen molar-refractivity contribution in [3.63, 3.8) is 0 Å². The molecule has 0 spiro atoms. The van der Waals surface area contributed by atoms with Gasteiger partial charge in [-0.05, 0) is 43.3 Å². The molecule has 2 aromatic rings. The fourth-order valence-electron chi connectivity index (χ4n) is 2.13. The quantitative estimate of drug-likeness (QED) is 0.648. The van der Waals surface area contributed by atoms with E-state index in [2.05, 4.69) is 14.8 Å². The third-order valence-electron chi connectivity index (χ3n) is 3.55. The van der Waals surface area contributed by atoms with E-state index in [0.29, 0.717) is 0 Å². The molecule has 28 heavy (non-hydrogen) atoms. The molecule has 2 rings (SSSR count). The molecule has 0 fully saturated rings. The molecule has 0 aromatic heterocycles. The van der Waals surface area contributed by atoms with Gasteiger partial charge >= 0.3 is 6.18 Å². The van der Waals surface area contributed by atoms with Crippen LogP contribution >= 0.6 is 0 Å². The number of halogens is 3. The van der Waals surface area contributed by atoms with Gasteiger partial charge in [0.25, 0.3) is 5.91 Å². The first kappa shape index (κ1) is 21.7. The maximum Gasteiger partial charge on any atom is 0.422 e. The number of amides is 1. The SMILES string of the molecule is Cc1ccc(S(=O)(=O)NCCNC(=O)c2ccc(OCC(F)(F)F)cc2)cc1. The zero-order valence-electron chi connectivity index (χ0n) is 14.9. The lowest BCUT2D eigenvalue weighted by atomic mass is 10.2. The van der Waals surface area contributed by atoms with Gasteiger partial charge < -0.3 is 10.1 Å². The van der Waals surface area contributed by atoms with Gasteiger partial charge in [-0.15, -0.1) is 0 Å². The van der Waals surface area contributed by atoms with Gasteiger partial charge in [0.05, 0.1) is 4.90 Å². The molecule has 0 aliphatic carbocycles. The Morgan fingerprint density at radius 1 is 1.00 bits per heavy atom. The molecule has 2 N–H and O–H groups in total. The molecule has 0 bridgehead atoms. The van der Waals surface area contributed by atoms with Crippen molar-refractivity contribution in [3.8, 4) is 5.75 Å². The number of benzene rings is 2. The van der Waals surface area contributed by atoms with E-state index in [9.17, 15) is 26.4 Å². The predicted molar refractivity (Wildman–Crippen MR) is 96.7 cm³/mol. The molecular formula is C18H19F3N2O4S. The summed E-state index contributed by atoms with van der Waals surface area (Å²) in [5, 5.41) is 2.52. The standard InChI is InChI=1S/C18H19F3N2O4S/c1-13-2-8-16(9-3-13)28(25,26)23-11-10-22-17(24)14-4-6-15(7-5-14)27-12-18(19,20)21/h2-9,23H,10-12H2,1H3,(H,22,24). The Hall–Kier alpha value is -2.59. The molecule has 0 unspecified atom stereocenters. The van der Waals surface area contributed by atoms with Crippen molar-refractivity contribution in [1.29, 1.82) is 0 Å². The highest BCUT2D eigenvalue weighted by molar-refractivity contribution is 7.89. The van der Waals surface area contributed by atoms with Crippen LogP contribution < -0.4 is 14.8 Å². The summed E-state index contributed by atoms with van der Waals surface area (Å²) in [5.41, 5.74) is 1.14. The Balaban J connectivity index is 1.80. The molecule has 0 aliphatic rings. The van der Waals surface area contributed by atoms with Crippen LogP contribution in [0.15, 0.2) is 53.4 Å². The van der Waals surface area contributed by atoms with Crippen LogP contribution in [0.3, 0.4) is 0 Å². The Bertz CT molecular complexity index is 896. The van der Waals surface area contributed by atoms with Crippen molar-refractivity contribution in [2.24, 2.45) is 0 Å². The Morgan fingerprint density at radius 3 is 2.18 bits per heavy atom. The fraction of sp³-hybridized carbons (Fsp3) is 0.278. The van der Waals surface area contributed by atoms with Crippen LogP contribution in [0, 0.1) is 6.92 Å². The first-order chi connectivity index (χ1) is 13.1. The lowest BCUT2D eigenvalue weighted by Gasteiger charge is -2.10. The van der Waals surface area contributed by atoms with Crippen molar-refractivity contribution in [2.45, 2.75) is 18.0 Å². The van der Waals surface area contributed by atoms with Gasteiger partial charge in [-0.1, -0.05) is 17.7 Å². The number of rotatable bonds is 8. The summed E-state index contributed by atoms with van der Waals surface area (Å²) in [7, 11) is -3.67. The fourth-order valence-corrected chi connectivity index (χ4v) is 3.16. The number of alkyl halides is 3. The molecule has 0 saturated heterocycles. The van der Waals surface area contributed by atoms with Gasteiger partial charge in [-0.25, -0.2) is 13.1 Å². The Labute approximate surface area is 160 Å². The number of hydrogen-bond acceptors (Lipinski definition) is 4. The van der Waals surface area contributed by atoms with Crippen LogP contribution in [0.1, 0.15) is 15.9 Å². The number of sulfonamides is 1. The summed E-state index contributed by atoms with van der Waals surface area (Å²) in [6, 6.07) is 11.5.